The minimum atomic E-state index is -0.289. The van der Waals surface area contributed by atoms with Gasteiger partial charge < -0.3 is 9.53 Å². The van der Waals surface area contributed by atoms with E-state index in [0.717, 1.165) is 12.7 Å². The Kier molecular flexibility index (Phi) is 2.67. The second kappa shape index (κ2) is 3.54. The van der Waals surface area contributed by atoms with Gasteiger partial charge in [0.2, 0.25) is 0 Å². The zero-order valence-electron chi connectivity index (χ0n) is 6.72. The van der Waals surface area contributed by atoms with Crippen molar-refractivity contribution in [2.75, 3.05) is 13.2 Å². The first-order valence-electron chi connectivity index (χ1n) is 3.77. The molecule has 1 aliphatic rings. The highest BCUT2D eigenvalue weighted by molar-refractivity contribution is 5.60. The molecule has 1 atom stereocenters. The van der Waals surface area contributed by atoms with Gasteiger partial charge in [-0.3, -0.25) is 0 Å². The van der Waals surface area contributed by atoms with Gasteiger partial charge in [-0.1, -0.05) is 0 Å². The summed E-state index contributed by atoms with van der Waals surface area (Å²) in [7, 11) is 0. The van der Waals surface area contributed by atoms with Crippen molar-refractivity contribution in [3.05, 3.63) is 0 Å². The van der Waals surface area contributed by atoms with E-state index >= 15 is 0 Å². The van der Waals surface area contributed by atoms with Gasteiger partial charge >= 0.3 is 0 Å². The molecule has 0 aliphatic carbocycles. The molecule has 0 aromatic carbocycles. The average Bonchev–Trinajstić information content (AvgIpc) is 2.50. The first-order valence-corrected chi connectivity index (χ1v) is 3.77. The molecule has 2 heteroatoms. The maximum atomic E-state index is 10.7. The lowest BCUT2D eigenvalue weighted by Crippen LogP contribution is -2.21. The largest absolute Gasteiger partial charge is 0.380 e. The van der Waals surface area contributed by atoms with Crippen LogP contribution in [0.4, 0.5) is 0 Å². The van der Waals surface area contributed by atoms with Crippen LogP contribution in [0, 0.1) is 17.3 Å². The Balaban J connectivity index is 2.56. The van der Waals surface area contributed by atoms with Crippen molar-refractivity contribution in [2.45, 2.75) is 19.8 Å². The van der Waals surface area contributed by atoms with Crippen LogP contribution in [0.5, 0.6) is 0 Å². The Bertz CT molecular complexity index is 191. The van der Waals surface area contributed by atoms with Gasteiger partial charge in [-0.05, 0) is 13.3 Å². The van der Waals surface area contributed by atoms with Crippen LogP contribution in [-0.2, 0) is 9.53 Å². The summed E-state index contributed by atoms with van der Waals surface area (Å²) in [4.78, 5) is 10.7. The van der Waals surface area contributed by atoms with Crippen molar-refractivity contribution in [1.82, 2.24) is 0 Å². The smallest absolute Gasteiger partial charge is 0.129 e. The Morgan fingerprint density at radius 3 is 3.00 bits per heavy atom. The van der Waals surface area contributed by atoms with E-state index in [4.69, 9.17) is 4.74 Å². The minimum Gasteiger partial charge on any atom is -0.380 e. The molecule has 0 N–H and O–H groups in total. The van der Waals surface area contributed by atoms with Crippen LogP contribution in [0.3, 0.4) is 0 Å². The highest BCUT2D eigenvalue weighted by Gasteiger charge is 2.33. The van der Waals surface area contributed by atoms with E-state index in [-0.39, 0.29) is 5.41 Å². The van der Waals surface area contributed by atoms with Crippen LogP contribution < -0.4 is 0 Å². The number of hydrogen-bond acceptors (Lipinski definition) is 2. The monoisotopic (exact) mass is 152 g/mol. The summed E-state index contributed by atoms with van der Waals surface area (Å²) < 4.78 is 5.15. The van der Waals surface area contributed by atoms with Crippen LogP contribution in [0.15, 0.2) is 0 Å². The molecule has 60 valence electrons. The lowest BCUT2D eigenvalue weighted by molar-refractivity contribution is -0.116. The van der Waals surface area contributed by atoms with E-state index in [0.29, 0.717) is 19.6 Å². The van der Waals surface area contributed by atoms with Crippen LogP contribution in [0.25, 0.3) is 0 Å². The molecule has 0 amide bonds. The summed E-state index contributed by atoms with van der Waals surface area (Å²) in [5.74, 6) is 5.71. The first-order chi connectivity index (χ1) is 5.33. The van der Waals surface area contributed by atoms with E-state index < -0.39 is 0 Å². The molecule has 1 fully saturated rings. The second-order valence-corrected chi connectivity index (χ2v) is 2.89. The van der Waals surface area contributed by atoms with E-state index in [1.165, 1.54) is 0 Å². The summed E-state index contributed by atoms with van der Waals surface area (Å²) in [6.45, 7) is 3.03. The third-order valence-corrected chi connectivity index (χ3v) is 2.00. The van der Waals surface area contributed by atoms with Crippen LogP contribution in [-0.4, -0.2) is 19.5 Å². The Hall–Kier alpha value is -0.810. The van der Waals surface area contributed by atoms with Crippen LogP contribution >= 0.6 is 0 Å². The molecule has 0 aromatic rings. The molecule has 1 unspecified atom stereocenters. The first kappa shape index (κ1) is 8.29. The molecule has 0 radical (unpaired) electrons. The fourth-order valence-corrected chi connectivity index (χ4v) is 1.16. The van der Waals surface area contributed by atoms with Gasteiger partial charge in [0.05, 0.1) is 12.0 Å². The third-order valence-electron chi connectivity index (χ3n) is 2.00. The van der Waals surface area contributed by atoms with Crippen molar-refractivity contribution in [3.63, 3.8) is 0 Å². The lowest BCUT2D eigenvalue weighted by Gasteiger charge is -2.15. The molecule has 1 rings (SSSR count). The predicted molar refractivity (Wildman–Crippen MR) is 42.0 cm³/mol. The molecule has 11 heavy (non-hydrogen) atoms. The van der Waals surface area contributed by atoms with E-state index in [1.807, 2.05) is 0 Å². The third kappa shape index (κ3) is 1.81. The molecule has 1 aliphatic heterocycles. The molecule has 0 aromatic heterocycles. The number of hydrogen-bond donors (Lipinski definition) is 0. The van der Waals surface area contributed by atoms with Gasteiger partial charge in [0.25, 0.3) is 0 Å². The van der Waals surface area contributed by atoms with Gasteiger partial charge in [0.1, 0.15) is 6.29 Å². The van der Waals surface area contributed by atoms with Gasteiger partial charge in [-0.15, -0.1) is 11.8 Å². The number of carbonyl (C=O) groups excluding carboxylic acids is 1. The summed E-state index contributed by atoms with van der Waals surface area (Å²) in [6.07, 6.45) is 2.46. The van der Waals surface area contributed by atoms with Gasteiger partial charge in [-0.2, -0.15) is 0 Å². The zero-order valence-corrected chi connectivity index (χ0v) is 6.72. The standard InChI is InChI=1S/C9H12O2/c1-2-3-4-9(7-10)5-6-11-8-9/h7H,4-6,8H2,1H3. The highest BCUT2D eigenvalue weighted by Crippen LogP contribution is 2.29. The molecule has 1 saturated heterocycles. The van der Waals surface area contributed by atoms with Crippen molar-refractivity contribution >= 4 is 6.29 Å². The second-order valence-electron chi connectivity index (χ2n) is 2.89. The topological polar surface area (TPSA) is 26.3 Å². The Morgan fingerprint density at radius 2 is 2.55 bits per heavy atom. The van der Waals surface area contributed by atoms with Crippen molar-refractivity contribution in [3.8, 4) is 11.8 Å². The number of rotatable bonds is 2. The summed E-state index contributed by atoms with van der Waals surface area (Å²) in [5.41, 5.74) is -0.289. The highest BCUT2D eigenvalue weighted by atomic mass is 16.5. The summed E-state index contributed by atoms with van der Waals surface area (Å²) in [6, 6.07) is 0. The lowest BCUT2D eigenvalue weighted by atomic mass is 9.86. The number of aldehydes is 1. The van der Waals surface area contributed by atoms with Gasteiger partial charge in [0, 0.05) is 13.0 Å². The maximum Gasteiger partial charge on any atom is 0.129 e. The molecule has 0 saturated carbocycles. The Labute approximate surface area is 66.9 Å². The Morgan fingerprint density at radius 1 is 1.73 bits per heavy atom. The number of carbonyl (C=O) groups is 1. The van der Waals surface area contributed by atoms with Crippen LogP contribution in [0.2, 0.25) is 0 Å². The van der Waals surface area contributed by atoms with Crippen molar-refractivity contribution in [1.29, 1.82) is 0 Å². The maximum absolute atomic E-state index is 10.7. The normalized spacial score (nSPS) is 29.2. The van der Waals surface area contributed by atoms with Crippen molar-refractivity contribution in [2.24, 2.45) is 5.41 Å². The van der Waals surface area contributed by atoms with E-state index in [2.05, 4.69) is 11.8 Å². The van der Waals surface area contributed by atoms with E-state index in [1.54, 1.807) is 6.92 Å². The molecular formula is C9H12O2. The quantitative estimate of drug-likeness (QED) is 0.436. The molecular weight excluding hydrogens is 140 g/mol. The molecule has 0 bridgehead atoms. The molecule has 1 heterocycles. The minimum absolute atomic E-state index is 0.289. The average molecular weight is 152 g/mol. The fourth-order valence-electron chi connectivity index (χ4n) is 1.16. The van der Waals surface area contributed by atoms with Crippen LogP contribution in [0.1, 0.15) is 19.8 Å². The summed E-state index contributed by atoms with van der Waals surface area (Å²) >= 11 is 0. The molecule has 2 nitrogen and oxygen atoms in total. The molecule has 0 spiro atoms. The predicted octanol–water partition coefficient (Wildman–Crippen LogP) is 1.01. The van der Waals surface area contributed by atoms with E-state index in [9.17, 15) is 4.79 Å². The SMILES string of the molecule is CC#CCC1(C=O)CCOC1. The van der Waals surface area contributed by atoms with Gasteiger partial charge in [-0.25, -0.2) is 0 Å². The zero-order chi connectivity index (χ0) is 8.16. The van der Waals surface area contributed by atoms with Gasteiger partial charge in [0.15, 0.2) is 0 Å². The summed E-state index contributed by atoms with van der Waals surface area (Å²) in [5, 5.41) is 0. The fraction of sp³-hybridized carbons (Fsp3) is 0.667. The van der Waals surface area contributed by atoms with Crippen molar-refractivity contribution < 1.29 is 9.53 Å². The number of ether oxygens (including phenoxy) is 1.